The van der Waals surface area contributed by atoms with E-state index in [1.165, 1.54) is 31.2 Å². The maximum atomic E-state index is 6.11. The molecule has 0 aliphatic heterocycles. The zero-order chi connectivity index (χ0) is 12.4. The van der Waals surface area contributed by atoms with Crippen LogP contribution in [0, 0.1) is 19.8 Å². The van der Waals surface area contributed by atoms with Gasteiger partial charge in [0, 0.05) is 11.8 Å². The van der Waals surface area contributed by atoms with Crippen molar-refractivity contribution in [3.8, 4) is 5.75 Å². The SMILES string of the molecule is Cc1cc(C)c(OC2CCCC(C)C2)cc1N. The van der Waals surface area contributed by atoms with Crippen molar-refractivity contribution >= 4 is 5.69 Å². The highest BCUT2D eigenvalue weighted by molar-refractivity contribution is 5.54. The van der Waals surface area contributed by atoms with Gasteiger partial charge in [-0.2, -0.15) is 0 Å². The van der Waals surface area contributed by atoms with Crippen LogP contribution in [0.15, 0.2) is 12.1 Å². The molecule has 94 valence electrons. The molecule has 0 heterocycles. The molecule has 17 heavy (non-hydrogen) atoms. The molecular formula is C15H23NO. The van der Waals surface area contributed by atoms with Crippen LogP contribution >= 0.6 is 0 Å². The molecule has 0 saturated heterocycles. The first-order valence-electron chi connectivity index (χ1n) is 6.59. The van der Waals surface area contributed by atoms with Crippen LogP contribution in [-0.2, 0) is 0 Å². The molecule has 0 spiro atoms. The summed E-state index contributed by atoms with van der Waals surface area (Å²) in [6.45, 7) is 6.44. The lowest BCUT2D eigenvalue weighted by Crippen LogP contribution is -2.24. The van der Waals surface area contributed by atoms with Gasteiger partial charge in [-0.1, -0.05) is 19.4 Å². The number of hydrogen-bond donors (Lipinski definition) is 1. The Balaban J connectivity index is 2.10. The standard InChI is InChI=1S/C15H23NO/c1-10-5-4-6-13(7-10)17-15-9-14(16)11(2)8-12(15)3/h8-10,13H,4-7,16H2,1-3H3. The van der Waals surface area contributed by atoms with Gasteiger partial charge in [0.15, 0.2) is 0 Å². The largest absolute Gasteiger partial charge is 0.490 e. The minimum absolute atomic E-state index is 0.375. The number of benzene rings is 1. The Hall–Kier alpha value is -1.18. The molecule has 2 nitrogen and oxygen atoms in total. The van der Waals surface area contributed by atoms with Crippen molar-refractivity contribution < 1.29 is 4.74 Å². The molecule has 1 aromatic rings. The fourth-order valence-electron chi connectivity index (χ4n) is 2.64. The highest BCUT2D eigenvalue weighted by Gasteiger charge is 2.20. The molecule has 2 heteroatoms. The predicted molar refractivity (Wildman–Crippen MR) is 72.4 cm³/mol. The molecule has 1 aromatic carbocycles. The van der Waals surface area contributed by atoms with Gasteiger partial charge in [0.1, 0.15) is 5.75 Å². The maximum Gasteiger partial charge on any atom is 0.124 e. The van der Waals surface area contributed by atoms with E-state index in [-0.39, 0.29) is 0 Å². The Bertz CT molecular complexity index is 400. The van der Waals surface area contributed by atoms with E-state index in [2.05, 4.69) is 19.9 Å². The van der Waals surface area contributed by atoms with Crippen molar-refractivity contribution in [3.63, 3.8) is 0 Å². The summed E-state index contributed by atoms with van der Waals surface area (Å²) in [4.78, 5) is 0. The van der Waals surface area contributed by atoms with E-state index in [0.29, 0.717) is 6.10 Å². The molecule has 0 bridgehead atoms. The molecule has 2 unspecified atom stereocenters. The second-order valence-electron chi connectivity index (χ2n) is 5.49. The van der Waals surface area contributed by atoms with E-state index in [1.807, 2.05) is 13.0 Å². The van der Waals surface area contributed by atoms with E-state index in [0.717, 1.165) is 22.9 Å². The Kier molecular flexibility index (Phi) is 3.60. The average molecular weight is 233 g/mol. The highest BCUT2D eigenvalue weighted by Crippen LogP contribution is 2.30. The van der Waals surface area contributed by atoms with Gasteiger partial charge >= 0.3 is 0 Å². The van der Waals surface area contributed by atoms with Crippen LogP contribution in [0.4, 0.5) is 5.69 Å². The van der Waals surface area contributed by atoms with E-state index >= 15 is 0 Å². The van der Waals surface area contributed by atoms with Crippen LogP contribution in [0.2, 0.25) is 0 Å². The first kappa shape index (κ1) is 12.3. The summed E-state index contributed by atoms with van der Waals surface area (Å²) in [5.41, 5.74) is 9.09. The first-order valence-corrected chi connectivity index (χ1v) is 6.59. The van der Waals surface area contributed by atoms with Crippen molar-refractivity contribution in [1.82, 2.24) is 0 Å². The third kappa shape index (κ3) is 2.93. The highest BCUT2D eigenvalue weighted by atomic mass is 16.5. The Labute approximate surface area is 104 Å². The van der Waals surface area contributed by atoms with Gasteiger partial charge in [-0.3, -0.25) is 0 Å². The molecule has 0 amide bonds. The van der Waals surface area contributed by atoms with Gasteiger partial charge in [-0.05, 0) is 50.2 Å². The minimum atomic E-state index is 0.375. The summed E-state index contributed by atoms with van der Waals surface area (Å²) in [6, 6.07) is 4.08. The van der Waals surface area contributed by atoms with Crippen molar-refractivity contribution in [3.05, 3.63) is 23.3 Å². The topological polar surface area (TPSA) is 35.2 Å². The third-order valence-electron chi connectivity index (χ3n) is 3.75. The molecule has 2 N–H and O–H groups in total. The molecule has 0 radical (unpaired) electrons. The van der Waals surface area contributed by atoms with Crippen LogP contribution in [0.25, 0.3) is 0 Å². The lowest BCUT2D eigenvalue weighted by Gasteiger charge is -2.28. The van der Waals surface area contributed by atoms with Crippen LogP contribution in [-0.4, -0.2) is 6.10 Å². The fourth-order valence-corrected chi connectivity index (χ4v) is 2.64. The monoisotopic (exact) mass is 233 g/mol. The number of anilines is 1. The van der Waals surface area contributed by atoms with Crippen molar-refractivity contribution in [2.45, 2.75) is 52.6 Å². The molecule has 1 aliphatic carbocycles. The zero-order valence-corrected chi connectivity index (χ0v) is 11.1. The van der Waals surface area contributed by atoms with Gasteiger partial charge in [0.2, 0.25) is 0 Å². The number of nitrogen functional groups attached to an aromatic ring is 1. The van der Waals surface area contributed by atoms with Crippen molar-refractivity contribution in [1.29, 1.82) is 0 Å². The molecule has 1 fully saturated rings. The van der Waals surface area contributed by atoms with E-state index in [4.69, 9.17) is 10.5 Å². The summed E-state index contributed by atoms with van der Waals surface area (Å²) in [5.74, 6) is 1.75. The number of hydrogen-bond acceptors (Lipinski definition) is 2. The van der Waals surface area contributed by atoms with Gasteiger partial charge in [-0.25, -0.2) is 0 Å². The number of nitrogens with two attached hydrogens (primary N) is 1. The van der Waals surface area contributed by atoms with Gasteiger partial charge < -0.3 is 10.5 Å². The summed E-state index contributed by atoms with van der Waals surface area (Å²) >= 11 is 0. The smallest absolute Gasteiger partial charge is 0.124 e. The number of aryl methyl sites for hydroxylation is 2. The van der Waals surface area contributed by atoms with Gasteiger partial charge in [0.05, 0.1) is 6.10 Å². The molecule has 1 saturated carbocycles. The average Bonchev–Trinajstić information content (AvgIpc) is 2.26. The summed E-state index contributed by atoms with van der Waals surface area (Å²) in [6.07, 6.45) is 5.35. The Morgan fingerprint density at radius 1 is 1.18 bits per heavy atom. The van der Waals surface area contributed by atoms with Crippen LogP contribution in [0.3, 0.4) is 0 Å². The van der Waals surface area contributed by atoms with Crippen LogP contribution in [0.5, 0.6) is 5.75 Å². The van der Waals surface area contributed by atoms with E-state index in [9.17, 15) is 0 Å². The van der Waals surface area contributed by atoms with Gasteiger partial charge in [-0.15, -0.1) is 0 Å². The van der Waals surface area contributed by atoms with Gasteiger partial charge in [0.25, 0.3) is 0 Å². The normalized spacial score (nSPS) is 24.6. The Morgan fingerprint density at radius 3 is 2.65 bits per heavy atom. The molecule has 1 aliphatic rings. The predicted octanol–water partition coefficient (Wildman–Crippen LogP) is 3.84. The zero-order valence-electron chi connectivity index (χ0n) is 11.1. The number of ether oxygens (including phenoxy) is 1. The quantitative estimate of drug-likeness (QED) is 0.788. The van der Waals surface area contributed by atoms with Crippen LogP contribution < -0.4 is 10.5 Å². The van der Waals surface area contributed by atoms with Crippen molar-refractivity contribution in [2.75, 3.05) is 5.73 Å². The van der Waals surface area contributed by atoms with Crippen LogP contribution in [0.1, 0.15) is 43.7 Å². The molecule has 2 atom stereocenters. The van der Waals surface area contributed by atoms with Crippen molar-refractivity contribution in [2.24, 2.45) is 5.92 Å². The molecule has 0 aromatic heterocycles. The lowest BCUT2D eigenvalue weighted by molar-refractivity contribution is 0.128. The minimum Gasteiger partial charge on any atom is -0.490 e. The first-order chi connectivity index (χ1) is 8.06. The van der Waals surface area contributed by atoms with E-state index in [1.54, 1.807) is 0 Å². The molecule has 2 rings (SSSR count). The lowest BCUT2D eigenvalue weighted by atomic mass is 9.88. The fraction of sp³-hybridized carbons (Fsp3) is 0.600. The second-order valence-corrected chi connectivity index (χ2v) is 5.49. The number of rotatable bonds is 2. The molecular weight excluding hydrogens is 210 g/mol. The third-order valence-corrected chi connectivity index (χ3v) is 3.75. The summed E-state index contributed by atoms with van der Waals surface area (Å²) < 4.78 is 6.11. The maximum absolute atomic E-state index is 6.11. The van der Waals surface area contributed by atoms with E-state index < -0.39 is 0 Å². The summed E-state index contributed by atoms with van der Waals surface area (Å²) in [7, 11) is 0. The second kappa shape index (κ2) is 4.99. The summed E-state index contributed by atoms with van der Waals surface area (Å²) in [5, 5.41) is 0. The Morgan fingerprint density at radius 2 is 1.94 bits per heavy atom.